The molecule has 2 aromatic heterocycles. The van der Waals surface area contributed by atoms with E-state index in [4.69, 9.17) is 0 Å². The minimum absolute atomic E-state index is 0.123. The number of halogens is 1. The average molecular weight is 275 g/mol. The van der Waals surface area contributed by atoms with Gasteiger partial charge in [0.2, 0.25) is 0 Å². The van der Waals surface area contributed by atoms with E-state index in [9.17, 15) is 9.18 Å². The molecule has 106 valence electrons. The van der Waals surface area contributed by atoms with Crippen LogP contribution in [-0.4, -0.2) is 29.1 Å². The van der Waals surface area contributed by atoms with Crippen molar-refractivity contribution in [2.45, 2.75) is 25.2 Å². The highest BCUT2D eigenvalue weighted by molar-refractivity contribution is 5.41. The van der Waals surface area contributed by atoms with E-state index in [1.165, 1.54) is 4.40 Å². The van der Waals surface area contributed by atoms with Gasteiger partial charge in [-0.25, -0.2) is 4.98 Å². The molecular formula is C15H18FN3O. The van der Waals surface area contributed by atoms with Gasteiger partial charge in [-0.2, -0.15) is 0 Å². The van der Waals surface area contributed by atoms with E-state index in [0.29, 0.717) is 11.2 Å². The van der Waals surface area contributed by atoms with Crippen LogP contribution in [0.1, 0.15) is 30.0 Å². The molecule has 0 atom stereocenters. The van der Waals surface area contributed by atoms with Crippen LogP contribution in [-0.2, 0) is 6.42 Å². The highest BCUT2D eigenvalue weighted by atomic mass is 19.1. The van der Waals surface area contributed by atoms with Crippen LogP contribution >= 0.6 is 0 Å². The lowest BCUT2D eigenvalue weighted by Crippen LogP contribution is -2.30. The standard InChI is InChI=1S/C15H18FN3O/c16-7-4-12-14(11-5-8-17-9-6-11)18-13-3-1-2-10-19(13)15(12)20/h1-3,10-11,17H,4-9H2. The fraction of sp³-hybridized carbons (Fsp3) is 0.467. The number of alkyl halides is 1. The third-order valence-corrected chi connectivity index (χ3v) is 3.93. The van der Waals surface area contributed by atoms with Gasteiger partial charge in [-0.1, -0.05) is 6.07 Å². The fourth-order valence-electron chi connectivity index (χ4n) is 2.91. The quantitative estimate of drug-likeness (QED) is 0.927. The summed E-state index contributed by atoms with van der Waals surface area (Å²) in [5.74, 6) is 0.260. The average Bonchev–Trinajstić information content (AvgIpc) is 2.51. The highest BCUT2D eigenvalue weighted by Crippen LogP contribution is 2.25. The Morgan fingerprint density at radius 3 is 2.90 bits per heavy atom. The summed E-state index contributed by atoms with van der Waals surface area (Å²) in [5.41, 5.74) is 1.87. The van der Waals surface area contributed by atoms with Gasteiger partial charge in [-0.3, -0.25) is 13.6 Å². The molecule has 0 saturated carbocycles. The number of nitrogens with zero attached hydrogens (tertiary/aromatic N) is 2. The molecule has 5 heteroatoms. The van der Waals surface area contributed by atoms with Crippen molar-refractivity contribution in [2.24, 2.45) is 0 Å². The van der Waals surface area contributed by atoms with Crippen LogP contribution in [0.25, 0.3) is 5.65 Å². The lowest BCUT2D eigenvalue weighted by Gasteiger charge is -2.24. The van der Waals surface area contributed by atoms with Crippen molar-refractivity contribution >= 4 is 5.65 Å². The summed E-state index contributed by atoms with van der Waals surface area (Å²) < 4.78 is 14.3. The smallest absolute Gasteiger partial charge is 0.261 e. The Kier molecular flexibility index (Phi) is 3.78. The molecule has 0 bridgehead atoms. The molecule has 1 fully saturated rings. The van der Waals surface area contributed by atoms with Crippen molar-refractivity contribution in [3.8, 4) is 0 Å². The normalized spacial score (nSPS) is 16.6. The number of rotatable bonds is 3. The molecule has 1 saturated heterocycles. The zero-order chi connectivity index (χ0) is 13.9. The molecule has 0 spiro atoms. The van der Waals surface area contributed by atoms with Gasteiger partial charge in [0.05, 0.1) is 12.4 Å². The van der Waals surface area contributed by atoms with Crippen LogP contribution in [0, 0.1) is 0 Å². The number of nitrogens with one attached hydrogen (secondary N) is 1. The van der Waals surface area contributed by atoms with Gasteiger partial charge in [0, 0.05) is 24.1 Å². The van der Waals surface area contributed by atoms with Crippen LogP contribution in [0.15, 0.2) is 29.2 Å². The summed E-state index contributed by atoms with van der Waals surface area (Å²) in [6.45, 7) is 1.33. The Labute approximate surface area is 116 Å². The van der Waals surface area contributed by atoms with Crippen molar-refractivity contribution in [2.75, 3.05) is 19.8 Å². The van der Waals surface area contributed by atoms with Crippen molar-refractivity contribution in [1.29, 1.82) is 0 Å². The summed E-state index contributed by atoms with van der Waals surface area (Å²) in [4.78, 5) is 17.2. The fourth-order valence-corrected chi connectivity index (χ4v) is 2.91. The van der Waals surface area contributed by atoms with Gasteiger partial charge >= 0.3 is 0 Å². The number of hydrogen-bond acceptors (Lipinski definition) is 3. The number of fused-ring (bicyclic) bond motifs is 1. The van der Waals surface area contributed by atoms with Crippen LogP contribution in [0.4, 0.5) is 4.39 Å². The van der Waals surface area contributed by atoms with E-state index >= 15 is 0 Å². The van der Waals surface area contributed by atoms with E-state index in [1.54, 1.807) is 12.3 Å². The van der Waals surface area contributed by atoms with E-state index in [0.717, 1.165) is 31.6 Å². The zero-order valence-electron chi connectivity index (χ0n) is 11.3. The molecule has 0 radical (unpaired) electrons. The molecule has 4 nitrogen and oxygen atoms in total. The summed E-state index contributed by atoms with van der Waals surface area (Å²) in [6, 6.07) is 5.48. The molecule has 0 aliphatic carbocycles. The van der Waals surface area contributed by atoms with E-state index in [-0.39, 0.29) is 17.9 Å². The van der Waals surface area contributed by atoms with Crippen LogP contribution in [0.5, 0.6) is 0 Å². The maximum Gasteiger partial charge on any atom is 0.261 e. The molecule has 3 rings (SSSR count). The minimum atomic E-state index is -0.520. The van der Waals surface area contributed by atoms with Crippen LogP contribution in [0.2, 0.25) is 0 Å². The molecule has 1 aliphatic heterocycles. The topological polar surface area (TPSA) is 46.4 Å². The van der Waals surface area contributed by atoms with Gasteiger partial charge in [0.25, 0.3) is 5.56 Å². The number of hydrogen-bond donors (Lipinski definition) is 1. The third kappa shape index (κ3) is 2.33. The largest absolute Gasteiger partial charge is 0.317 e. The second-order valence-electron chi connectivity index (χ2n) is 5.17. The molecule has 2 aromatic rings. The monoisotopic (exact) mass is 275 g/mol. The van der Waals surface area contributed by atoms with Crippen molar-refractivity contribution in [1.82, 2.24) is 14.7 Å². The second kappa shape index (κ2) is 5.71. The second-order valence-corrected chi connectivity index (χ2v) is 5.17. The molecular weight excluding hydrogens is 257 g/mol. The summed E-state index contributed by atoms with van der Waals surface area (Å²) >= 11 is 0. The van der Waals surface area contributed by atoms with Crippen LogP contribution < -0.4 is 10.9 Å². The van der Waals surface area contributed by atoms with E-state index < -0.39 is 6.67 Å². The minimum Gasteiger partial charge on any atom is -0.317 e. The Morgan fingerprint density at radius 1 is 1.35 bits per heavy atom. The number of piperidine rings is 1. The molecule has 0 unspecified atom stereocenters. The van der Waals surface area contributed by atoms with Crippen molar-refractivity contribution in [3.63, 3.8) is 0 Å². The van der Waals surface area contributed by atoms with Gasteiger partial charge in [-0.05, 0) is 38.1 Å². The van der Waals surface area contributed by atoms with Crippen LogP contribution in [0.3, 0.4) is 0 Å². The van der Waals surface area contributed by atoms with Crippen molar-refractivity contribution in [3.05, 3.63) is 46.0 Å². The van der Waals surface area contributed by atoms with Gasteiger partial charge < -0.3 is 5.32 Å². The first-order valence-corrected chi connectivity index (χ1v) is 7.08. The van der Waals surface area contributed by atoms with Gasteiger partial charge in [0.15, 0.2) is 0 Å². The number of pyridine rings is 1. The predicted molar refractivity (Wildman–Crippen MR) is 76.0 cm³/mol. The Morgan fingerprint density at radius 2 is 2.15 bits per heavy atom. The van der Waals surface area contributed by atoms with Crippen molar-refractivity contribution < 1.29 is 4.39 Å². The van der Waals surface area contributed by atoms with E-state index in [1.807, 2.05) is 12.1 Å². The molecule has 20 heavy (non-hydrogen) atoms. The molecule has 0 aromatic carbocycles. The Balaban J connectivity index is 2.17. The van der Waals surface area contributed by atoms with E-state index in [2.05, 4.69) is 10.3 Å². The maximum atomic E-state index is 12.8. The summed E-state index contributed by atoms with van der Waals surface area (Å²) in [6.07, 6.45) is 3.75. The summed E-state index contributed by atoms with van der Waals surface area (Å²) in [5, 5.41) is 3.30. The first kappa shape index (κ1) is 13.2. The predicted octanol–water partition coefficient (Wildman–Crippen LogP) is 1.67. The lowest BCUT2D eigenvalue weighted by molar-refractivity contribution is 0.444. The first-order valence-electron chi connectivity index (χ1n) is 7.08. The molecule has 0 amide bonds. The Hall–Kier alpha value is -1.75. The highest BCUT2D eigenvalue weighted by Gasteiger charge is 2.22. The molecule has 1 aliphatic rings. The SMILES string of the molecule is O=c1c(CCF)c(C2CCNCC2)nc2ccccn12. The molecule has 3 heterocycles. The lowest BCUT2D eigenvalue weighted by atomic mass is 9.91. The van der Waals surface area contributed by atoms with Gasteiger partial charge in [0.1, 0.15) is 5.65 Å². The molecule has 1 N–H and O–H groups in total. The maximum absolute atomic E-state index is 12.8. The summed E-state index contributed by atoms with van der Waals surface area (Å²) in [7, 11) is 0. The van der Waals surface area contributed by atoms with Gasteiger partial charge in [-0.15, -0.1) is 0 Å². The third-order valence-electron chi connectivity index (χ3n) is 3.93. The Bertz CT molecular complexity index is 662. The first-order chi connectivity index (χ1) is 9.81. The number of aromatic nitrogens is 2. The zero-order valence-corrected chi connectivity index (χ0v) is 11.3.